The molecule has 0 aromatic carbocycles. The van der Waals surface area contributed by atoms with Crippen molar-refractivity contribution in [1.29, 1.82) is 0 Å². The van der Waals surface area contributed by atoms with Crippen molar-refractivity contribution >= 4 is 17.4 Å². The lowest BCUT2D eigenvalue weighted by Crippen LogP contribution is -2.40. The Labute approximate surface area is 112 Å². The van der Waals surface area contributed by atoms with E-state index in [1.807, 2.05) is 11.1 Å². The number of nitrogens with one attached hydrogen (secondary N) is 1. The normalized spacial score (nSPS) is 16.4. The SMILES string of the molecule is CCc1cnc(CNC(=O)N2CCCCCC2)s1. The van der Waals surface area contributed by atoms with E-state index in [2.05, 4.69) is 17.2 Å². The standard InChI is InChI=1S/C13H21N3OS/c1-2-11-9-14-12(18-11)10-15-13(17)16-7-5-3-4-6-8-16/h9H,2-8,10H2,1H3,(H,15,17). The third kappa shape index (κ3) is 3.70. The minimum absolute atomic E-state index is 0.0603. The number of hydrogen-bond acceptors (Lipinski definition) is 3. The largest absolute Gasteiger partial charge is 0.331 e. The summed E-state index contributed by atoms with van der Waals surface area (Å²) in [5, 5.41) is 3.96. The molecule has 5 heteroatoms. The molecule has 1 N–H and O–H groups in total. The van der Waals surface area contributed by atoms with Crippen LogP contribution < -0.4 is 5.32 Å². The van der Waals surface area contributed by atoms with Crippen LogP contribution in [-0.4, -0.2) is 29.0 Å². The Morgan fingerprint density at radius 1 is 1.39 bits per heavy atom. The molecular weight excluding hydrogens is 246 g/mol. The number of urea groups is 1. The lowest BCUT2D eigenvalue weighted by Gasteiger charge is -2.20. The molecule has 0 saturated carbocycles. The molecule has 0 spiro atoms. The van der Waals surface area contributed by atoms with Crippen LogP contribution in [0.4, 0.5) is 4.79 Å². The first-order valence-corrected chi connectivity index (χ1v) is 7.57. The van der Waals surface area contributed by atoms with Crippen LogP contribution in [0.5, 0.6) is 0 Å². The van der Waals surface area contributed by atoms with Gasteiger partial charge in [-0.25, -0.2) is 9.78 Å². The lowest BCUT2D eigenvalue weighted by molar-refractivity contribution is 0.199. The van der Waals surface area contributed by atoms with Crippen molar-refractivity contribution in [2.24, 2.45) is 0 Å². The van der Waals surface area contributed by atoms with Gasteiger partial charge >= 0.3 is 6.03 Å². The van der Waals surface area contributed by atoms with Gasteiger partial charge in [-0.05, 0) is 19.3 Å². The van der Waals surface area contributed by atoms with Crippen LogP contribution >= 0.6 is 11.3 Å². The molecule has 1 aliphatic rings. The number of amides is 2. The molecule has 1 saturated heterocycles. The van der Waals surface area contributed by atoms with Gasteiger partial charge in [0.2, 0.25) is 0 Å². The number of aryl methyl sites for hydroxylation is 1. The van der Waals surface area contributed by atoms with E-state index in [1.165, 1.54) is 17.7 Å². The fourth-order valence-electron chi connectivity index (χ4n) is 2.13. The second kappa shape index (κ2) is 6.73. The molecule has 0 radical (unpaired) electrons. The van der Waals surface area contributed by atoms with Crippen LogP contribution in [0, 0.1) is 0 Å². The molecule has 18 heavy (non-hydrogen) atoms. The smallest absolute Gasteiger partial charge is 0.317 e. The quantitative estimate of drug-likeness (QED) is 0.915. The van der Waals surface area contributed by atoms with Gasteiger partial charge in [-0.3, -0.25) is 0 Å². The first-order chi connectivity index (χ1) is 8.79. The summed E-state index contributed by atoms with van der Waals surface area (Å²) >= 11 is 1.68. The first-order valence-electron chi connectivity index (χ1n) is 6.76. The maximum Gasteiger partial charge on any atom is 0.317 e. The van der Waals surface area contributed by atoms with Crippen molar-refractivity contribution in [2.45, 2.75) is 45.6 Å². The number of carbonyl (C=O) groups is 1. The van der Waals surface area contributed by atoms with E-state index in [0.29, 0.717) is 6.54 Å². The number of likely N-dealkylation sites (tertiary alicyclic amines) is 1. The van der Waals surface area contributed by atoms with E-state index >= 15 is 0 Å². The van der Waals surface area contributed by atoms with Crippen LogP contribution in [0.1, 0.15) is 42.5 Å². The first kappa shape index (κ1) is 13.3. The van der Waals surface area contributed by atoms with Gasteiger partial charge in [0.05, 0.1) is 6.54 Å². The monoisotopic (exact) mass is 267 g/mol. The van der Waals surface area contributed by atoms with Crippen LogP contribution in [0.25, 0.3) is 0 Å². The predicted octanol–water partition coefficient (Wildman–Crippen LogP) is 2.79. The molecule has 0 atom stereocenters. The zero-order valence-corrected chi connectivity index (χ0v) is 11.8. The Morgan fingerprint density at radius 3 is 2.72 bits per heavy atom. The summed E-state index contributed by atoms with van der Waals surface area (Å²) in [7, 11) is 0. The Balaban J connectivity index is 1.79. The second-order valence-electron chi connectivity index (χ2n) is 4.63. The van der Waals surface area contributed by atoms with Crippen molar-refractivity contribution in [2.75, 3.05) is 13.1 Å². The maximum atomic E-state index is 12.0. The molecule has 2 heterocycles. The minimum atomic E-state index is 0.0603. The topological polar surface area (TPSA) is 45.2 Å². The fraction of sp³-hybridized carbons (Fsp3) is 0.692. The summed E-state index contributed by atoms with van der Waals surface area (Å²) in [5.74, 6) is 0. The van der Waals surface area contributed by atoms with Crippen LogP contribution in [-0.2, 0) is 13.0 Å². The van der Waals surface area contributed by atoms with Gasteiger partial charge in [-0.1, -0.05) is 19.8 Å². The molecular formula is C13H21N3OS. The Bertz CT molecular complexity index is 383. The third-order valence-electron chi connectivity index (χ3n) is 3.23. The minimum Gasteiger partial charge on any atom is -0.331 e. The highest BCUT2D eigenvalue weighted by Crippen LogP contribution is 2.13. The summed E-state index contributed by atoms with van der Waals surface area (Å²) < 4.78 is 0. The number of rotatable bonds is 3. The fourth-order valence-corrected chi connectivity index (χ4v) is 2.93. The maximum absolute atomic E-state index is 12.0. The zero-order valence-electron chi connectivity index (χ0n) is 10.9. The molecule has 4 nitrogen and oxygen atoms in total. The van der Waals surface area contributed by atoms with Gasteiger partial charge in [-0.2, -0.15) is 0 Å². The summed E-state index contributed by atoms with van der Waals surface area (Å²) in [4.78, 5) is 19.5. The van der Waals surface area contributed by atoms with Crippen molar-refractivity contribution in [3.63, 3.8) is 0 Å². The van der Waals surface area contributed by atoms with E-state index in [1.54, 1.807) is 11.3 Å². The highest BCUT2D eigenvalue weighted by molar-refractivity contribution is 7.11. The van der Waals surface area contributed by atoms with Crippen LogP contribution in [0.3, 0.4) is 0 Å². The highest BCUT2D eigenvalue weighted by Gasteiger charge is 2.15. The number of aromatic nitrogens is 1. The molecule has 0 bridgehead atoms. The Morgan fingerprint density at radius 2 is 2.11 bits per heavy atom. The Hall–Kier alpha value is -1.10. The second-order valence-corrected chi connectivity index (χ2v) is 5.83. The molecule has 0 aliphatic carbocycles. The molecule has 2 rings (SSSR count). The highest BCUT2D eigenvalue weighted by atomic mass is 32.1. The van der Waals surface area contributed by atoms with E-state index in [-0.39, 0.29) is 6.03 Å². The van der Waals surface area contributed by atoms with Crippen molar-refractivity contribution in [3.05, 3.63) is 16.1 Å². The van der Waals surface area contributed by atoms with Gasteiger partial charge in [0.1, 0.15) is 5.01 Å². The molecule has 1 aromatic heterocycles. The third-order valence-corrected chi connectivity index (χ3v) is 4.38. The average Bonchev–Trinajstić information content (AvgIpc) is 2.68. The van der Waals surface area contributed by atoms with E-state index in [0.717, 1.165) is 37.4 Å². The number of carbonyl (C=O) groups excluding carboxylic acids is 1. The summed E-state index contributed by atoms with van der Waals surface area (Å²) in [6, 6.07) is 0.0603. The molecule has 1 fully saturated rings. The number of thiazole rings is 1. The van der Waals surface area contributed by atoms with Gasteiger partial charge in [-0.15, -0.1) is 11.3 Å². The van der Waals surface area contributed by atoms with Crippen molar-refractivity contribution in [3.8, 4) is 0 Å². The summed E-state index contributed by atoms with van der Waals surface area (Å²) in [6.45, 7) is 4.46. The van der Waals surface area contributed by atoms with E-state index < -0.39 is 0 Å². The molecule has 0 unspecified atom stereocenters. The molecule has 100 valence electrons. The summed E-state index contributed by atoms with van der Waals surface area (Å²) in [6.07, 6.45) is 7.66. The lowest BCUT2D eigenvalue weighted by atomic mass is 10.2. The summed E-state index contributed by atoms with van der Waals surface area (Å²) in [5.41, 5.74) is 0. The van der Waals surface area contributed by atoms with Crippen molar-refractivity contribution < 1.29 is 4.79 Å². The average molecular weight is 267 g/mol. The van der Waals surface area contributed by atoms with Crippen LogP contribution in [0.2, 0.25) is 0 Å². The number of nitrogens with zero attached hydrogens (tertiary/aromatic N) is 2. The molecule has 2 amide bonds. The van der Waals surface area contributed by atoms with Gasteiger partial charge in [0.15, 0.2) is 0 Å². The van der Waals surface area contributed by atoms with Gasteiger partial charge < -0.3 is 10.2 Å². The van der Waals surface area contributed by atoms with Gasteiger partial charge in [0, 0.05) is 24.2 Å². The van der Waals surface area contributed by atoms with E-state index in [9.17, 15) is 4.79 Å². The van der Waals surface area contributed by atoms with Crippen molar-refractivity contribution in [1.82, 2.24) is 15.2 Å². The number of hydrogen-bond donors (Lipinski definition) is 1. The molecule has 1 aliphatic heterocycles. The van der Waals surface area contributed by atoms with Crippen LogP contribution in [0.15, 0.2) is 6.20 Å². The Kier molecular flexibility index (Phi) is 4.99. The molecule has 1 aromatic rings. The van der Waals surface area contributed by atoms with Gasteiger partial charge in [0.25, 0.3) is 0 Å². The van der Waals surface area contributed by atoms with E-state index in [4.69, 9.17) is 0 Å². The zero-order chi connectivity index (χ0) is 12.8. The predicted molar refractivity (Wildman–Crippen MR) is 73.8 cm³/mol.